The predicted molar refractivity (Wildman–Crippen MR) is 90.6 cm³/mol. The number of amides is 1. The third-order valence-corrected chi connectivity index (χ3v) is 3.63. The molecule has 0 aliphatic carbocycles. The van der Waals surface area contributed by atoms with Crippen LogP contribution in [0.2, 0.25) is 0 Å². The zero-order valence-electron chi connectivity index (χ0n) is 13.8. The van der Waals surface area contributed by atoms with Crippen LogP contribution in [0.3, 0.4) is 0 Å². The van der Waals surface area contributed by atoms with E-state index in [0.29, 0.717) is 10.3 Å². The molecular formula is C15H17BrF2N4O3. The van der Waals surface area contributed by atoms with Gasteiger partial charge in [0.1, 0.15) is 5.60 Å². The van der Waals surface area contributed by atoms with Crippen molar-refractivity contribution < 1.29 is 18.3 Å². The van der Waals surface area contributed by atoms with Crippen molar-refractivity contribution in [3.8, 4) is 0 Å². The van der Waals surface area contributed by atoms with Crippen LogP contribution in [0.1, 0.15) is 20.8 Å². The van der Waals surface area contributed by atoms with Crippen molar-refractivity contribution in [1.82, 2.24) is 19.5 Å². The number of carbonyl (C=O) groups excluding carboxylic acids is 1. The Hall–Kier alpha value is -2.23. The lowest BCUT2D eigenvalue weighted by Gasteiger charge is -2.19. The fourth-order valence-corrected chi connectivity index (χ4v) is 2.47. The maximum atomic E-state index is 13.2. The molecule has 0 aliphatic rings. The Balaban J connectivity index is 2.17. The van der Waals surface area contributed by atoms with Gasteiger partial charge in [0.05, 0.1) is 11.1 Å². The quantitative estimate of drug-likeness (QED) is 0.774. The highest BCUT2D eigenvalue weighted by molar-refractivity contribution is 9.10. The Morgan fingerprint density at radius 2 is 2.04 bits per heavy atom. The molecule has 0 bridgehead atoms. The van der Waals surface area contributed by atoms with E-state index in [9.17, 15) is 18.4 Å². The molecular weight excluding hydrogens is 402 g/mol. The van der Waals surface area contributed by atoms with Crippen LogP contribution in [0.15, 0.2) is 39.3 Å². The van der Waals surface area contributed by atoms with Gasteiger partial charge in [-0.05, 0) is 48.8 Å². The third kappa shape index (κ3) is 4.88. The van der Waals surface area contributed by atoms with Gasteiger partial charge < -0.3 is 10.1 Å². The Bertz CT molecular complexity index is 879. The molecule has 0 atom stereocenters. The summed E-state index contributed by atoms with van der Waals surface area (Å²) in [5, 5.41) is 6.25. The summed E-state index contributed by atoms with van der Waals surface area (Å²) in [6.45, 7) is 4.07. The Morgan fingerprint density at radius 3 is 2.60 bits per heavy atom. The van der Waals surface area contributed by atoms with E-state index in [4.69, 9.17) is 4.74 Å². The molecule has 136 valence electrons. The van der Waals surface area contributed by atoms with Crippen LogP contribution in [0.25, 0.3) is 5.65 Å². The van der Waals surface area contributed by atoms with Gasteiger partial charge in [-0.2, -0.15) is 8.78 Å². The predicted octanol–water partition coefficient (Wildman–Crippen LogP) is 2.93. The van der Waals surface area contributed by atoms with Gasteiger partial charge >= 0.3 is 11.8 Å². The number of nitrogens with zero attached hydrogens (tertiary/aromatic N) is 3. The molecule has 0 unspecified atom stereocenters. The molecule has 2 aromatic rings. The summed E-state index contributed by atoms with van der Waals surface area (Å²) in [6.07, 6.45) is -2.81. The average molecular weight is 419 g/mol. The monoisotopic (exact) mass is 418 g/mol. The fraction of sp³-hybridized carbons (Fsp3) is 0.400. The summed E-state index contributed by atoms with van der Waals surface area (Å²) in [6, 6.07) is 4.89. The normalized spacial score (nSPS) is 11.4. The first-order valence-electron chi connectivity index (χ1n) is 7.32. The number of fused-ring (bicyclic) bond motifs is 1. The van der Waals surface area contributed by atoms with E-state index >= 15 is 0 Å². The zero-order chi connectivity index (χ0) is 18.8. The molecule has 0 saturated carbocycles. The third-order valence-electron chi connectivity index (χ3n) is 3.01. The van der Waals surface area contributed by atoms with Crippen LogP contribution in [-0.2, 0) is 11.3 Å². The van der Waals surface area contributed by atoms with Crippen LogP contribution in [-0.4, -0.2) is 32.4 Å². The highest BCUT2D eigenvalue weighted by Crippen LogP contribution is 2.12. The molecule has 0 spiro atoms. The van der Waals surface area contributed by atoms with Crippen molar-refractivity contribution in [1.29, 1.82) is 0 Å². The van der Waals surface area contributed by atoms with Crippen molar-refractivity contribution >= 4 is 27.7 Å². The number of carbonyl (C=O) groups is 1. The standard InChI is InChI=1S/C15H17BrF2N4O3/c1-15(2,3)25-13(23)19-7-9(12(17)18)8-21-14(24)22-10(16)5-4-6-11(22)20-21/h4-6H,7-8H2,1-3H3,(H,19,23). The largest absolute Gasteiger partial charge is 0.444 e. The number of hydrogen-bond donors (Lipinski definition) is 1. The van der Waals surface area contributed by atoms with Gasteiger partial charge in [0, 0.05) is 12.1 Å². The van der Waals surface area contributed by atoms with Gasteiger partial charge in [-0.25, -0.2) is 18.7 Å². The molecule has 2 heterocycles. The first-order valence-corrected chi connectivity index (χ1v) is 8.12. The highest BCUT2D eigenvalue weighted by Gasteiger charge is 2.18. The maximum absolute atomic E-state index is 13.2. The number of halogens is 3. The van der Waals surface area contributed by atoms with Crippen LogP contribution >= 0.6 is 15.9 Å². The lowest BCUT2D eigenvalue weighted by molar-refractivity contribution is 0.0531. The highest BCUT2D eigenvalue weighted by atomic mass is 79.9. The summed E-state index contributed by atoms with van der Waals surface area (Å²) >= 11 is 3.21. The number of nitrogens with one attached hydrogen (secondary N) is 1. The minimum Gasteiger partial charge on any atom is -0.444 e. The molecule has 0 radical (unpaired) electrons. The topological polar surface area (TPSA) is 77.6 Å². The van der Waals surface area contributed by atoms with E-state index in [-0.39, 0.29) is 0 Å². The van der Waals surface area contributed by atoms with Crippen molar-refractivity contribution in [3.63, 3.8) is 0 Å². The Morgan fingerprint density at radius 1 is 1.36 bits per heavy atom. The van der Waals surface area contributed by atoms with Crippen molar-refractivity contribution in [2.24, 2.45) is 0 Å². The molecule has 10 heteroatoms. The number of hydrogen-bond acceptors (Lipinski definition) is 4. The SMILES string of the molecule is CC(C)(C)OC(=O)NCC(Cn1nc2cccc(Br)n2c1=O)=C(F)F. The minimum absolute atomic E-state index is 0.318. The molecule has 2 rings (SSSR count). The summed E-state index contributed by atoms with van der Waals surface area (Å²) in [5.41, 5.74) is -1.43. The van der Waals surface area contributed by atoms with Crippen molar-refractivity contribution in [2.75, 3.05) is 6.54 Å². The first kappa shape index (κ1) is 19.1. The van der Waals surface area contributed by atoms with E-state index in [1.807, 2.05) is 0 Å². The second-order valence-electron chi connectivity index (χ2n) is 6.20. The Labute approximate surface area is 150 Å². The van der Waals surface area contributed by atoms with Gasteiger partial charge in [-0.15, -0.1) is 5.10 Å². The molecule has 0 fully saturated rings. The molecule has 0 aromatic carbocycles. The van der Waals surface area contributed by atoms with Gasteiger partial charge in [-0.3, -0.25) is 0 Å². The maximum Gasteiger partial charge on any atom is 0.407 e. The second kappa shape index (κ2) is 7.34. The summed E-state index contributed by atoms with van der Waals surface area (Å²) in [5.74, 6) is 0. The van der Waals surface area contributed by atoms with Gasteiger partial charge in [0.15, 0.2) is 5.65 Å². The number of ether oxygens (including phenoxy) is 1. The van der Waals surface area contributed by atoms with Crippen molar-refractivity contribution in [2.45, 2.75) is 32.9 Å². The van der Waals surface area contributed by atoms with Crippen LogP contribution in [0.4, 0.5) is 13.6 Å². The number of aromatic nitrogens is 3. The average Bonchev–Trinajstić information content (AvgIpc) is 2.79. The number of alkyl carbamates (subject to hydrolysis) is 1. The smallest absolute Gasteiger partial charge is 0.407 e. The summed E-state index contributed by atoms with van der Waals surface area (Å²) < 4.78 is 33.9. The number of rotatable bonds is 4. The summed E-state index contributed by atoms with van der Waals surface area (Å²) in [4.78, 5) is 23.9. The molecule has 25 heavy (non-hydrogen) atoms. The van der Waals surface area contributed by atoms with E-state index in [2.05, 4.69) is 26.3 Å². The molecule has 1 amide bonds. The van der Waals surface area contributed by atoms with E-state index in [1.54, 1.807) is 39.0 Å². The van der Waals surface area contributed by atoms with E-state index in [1.165, 1.54) is 4.40 Å². The molecule has 0 aliphatic heterocycles. The molecule has 7 nitrogen and oxygen atoms in total. The summed E-state index contributed by atoms with van der Waals surface area (Å²) in [7, 11) is 0. The van der Waals surface area contributed by atoms with Gasteiger partial charge in [-0.1, -0.05) is 6.07 Å². The van der Waals surface area contributed by atoms with Crippen molar-refractivity contribution in [3.05, 3.63) is 44.9 Å². The lowest BCUT2D eigenvalue weighted by Crippen LogP contribution is -2.34. The van der Waals surface area contributed by atoms with Crippen LogP contribution in [0, 0.1) is 0 Å². The second-order valence-corrected chi connectivity index (χ2v) is 7.01. The van der Waals surface area contributed by atoms with E-state index < -0.39 is 42.1 Å². The number of pyridine rings is 1. The van der Waals surface area contributed by atoms with Crippen LogP contribution in [0.5, 0.6) is 0 Å². The zero-order valence-corrected chi connectivity index (χ0v) is 15.4. The van der Waals surface area contributed by atoms with Gasteiger partial charge in [0.25, 0.3) is 6.08 Å². The van der Waals surface area contributed by atoms with Gasteiger partial charge in [0.2, 0.25) is 0 Å². The van der Waals surface area contributed by atoms with E-state index in [0.717, 1.165) is 4.68 Å². The Kier molecular flexibility index (Phi) is 5.61. The fourth-order valence-electron chi connectivity index (χ4n) is 1.98. The molecule has 1 N–H and O–H groups in total. The first-order chi connectivity index (χ1) is 11.6. The minimum atomic E-state index is -1.99. The van der Waals surface area contributed by atoms with Crippen LogP contribution < -0.4 is 11.0 Å². The molecule has 2 aromatic heterocycles. The molecule has 0 saturated heterocycles. The lowest BCUT2D eigenvalue weighted by atomic mass is 10.2.